The number of nitrogens with two attached hydrogens (primary N) is 1. The van der Waals surface area contributed by atoms with Gasteiger partial charge in [-0.25, -0.2) is 0 Å². The lowest BCUT2D eigenvalue weighted by atomic mass is 9.82. The lowest BCUT2D eigenvalue weighted by molar-refractivity contribution is 0.0543. The summed E-state index contributed by atoms with van der Waals surface area (Å²) in [5.74, 6) is 0. The molecule has 0 bridgehead atoms. The van der Waals surface area contributed by atoms with Gasteiger partial charge in [-0.15, -0.1) is 0 Å². The van der Waals surface area contributed by atoms with E-state index in [0.717, 1.165) is 30.1 Å². The zero-order valence-electron chi connectivity index (χ0n) is 12.0. The minimum absolute atomic E-state index is 0.00852. The van der Waals surface area contributed by atoms with Crippen LogP contribution in [0.4, 0.5) is 0 Å². The van der Waals surface area contributed by atoms with E-state index in [0.29, 0.717) is 0 Å². The molecule has 0 saturated carbocycles. The minimum Gasteiger partial charge on any atom is -0.322 e. The molecule has 0 spiro atoms. The van der Waals surface area contributed by atoms with Crippen molar-refractivity contribution in [1.82, 2.24) is 4.90 Å². The summed E-state index contributed by atoms with van der Waals surface area (Å²) in [5.41, 5.74) is 7.65. The molecule has 2 atom stereocenters. The topological polar surface area (TPSA) is 29.3 Å². The van der Waals surface area contributed by atoms with Gasteiger partial charge in [-0.1, -0.05) is 43.1 Å². The smallest absolute Gasteiger partial charge is 0.0494 e. The van der Waals surface area contributed by atoms with E-state index in [4.69, 9.17) is 17.3 Å². The monoisotopic (exact) mass is 280 g/mol. The number of piperidine rings is 1. The fourth-order valence-corrected chi connectivity index (χ4v) is 3.36. The van der Waals surface area contributed by atoms with Crippen LogP contribution in [0.1, 0.15) is 51.1 Å². The molecule has 1 saturated heterocycles. The molecule has 1 aliphatic rings. The Morgan fingerprint density at radius 3 is 2.47 bits per heavy atom. The SMILES string of the molecule is CCC(C)(C(N)c1ccccc1Cl)N1CCCCC1. The molecule has 0 amide bonds. The maximum Gasteiger partial charge on any atom is 0.0494 e. The van der Waals surface area contributed by atoms with E-state index in [9.17, 15) is 0 Å². The first-order valence-electron chi connectivity index (χ1n) is 7.34. The highest BCUT2D eigenvalue weighted by molar-refractivity contribution is 6.31. The van der Waals surface area contributed by atoms with Crippen LogP contribution in [0.3, 0.4) is 0 Å². The van der Waals surface area contributed by atoms with Gasteiger partial charge in [0.2, 0.25) is 0 Å². The maximum absolute atomic E-state index is 6.59. The molecule has 2 rings (SSSR count). The molecular weight excluding hydrogens is 256 g/mol. The predicted molar refractivity (Wildman–Crippen MR) is 82.5 cm³/mol. The molecule has 19 heavy (non-hydrogen) atoms. The zero-order chi connectivity index (χ0) is 13.9. The summed E-state index contributed by atoms with van der Waals surface area (Å²) in [5, 5.41) is 0.784. The molecular formula is C16H25ClN2. The van der Waals surface area contributed by atoms with Crippen molar-refractivity contribution in [2.45, 2.75) is 51.1 Å². The van der Waals surface area contributed by atoms with Crippen molar-refractivity contribution in [3.05, 3.63) is 34.9 Å². The van der Waals surface area contributed by atoms with Gasteiger partial charge >= 0.3 is 0 Å². The van der Waals surface area contributed by atoms with Gasteiger partial charge in [0.1, 0.15) is 0 Å². The fourth-order valence-electron chi connectivity index (χ4n) is 3.11. The van der Waals surface area contributed by atoms with Gasteiger partial charge in [-0.05, 0) is 50.9 Å². The van der Waals surface area contributed by atoms with Crippen molar-refractivity contribution in [2.75, 3.05) is 13.1 Å². The van der Waals surface area contributed by atoms with E-state index in [-0.39, 0.29) is 11.6 Å². The number of hydrogen-bond donors (Lipinski definition) is 1. The molecule has 0 aromatic heterocycles. The van der Waals surface area contributed by atoms with Crippen LogP contribution in [-0.4, -0.2) is 23.5 Å². The van der Waals surface area contributed by atoms with E-state index >= 15 is 0 Å². The predicted octanol–water partition coefficient (Wildman–Crippen LogP) is 3.99. The molecule has 1 aromatic rings. The van der Waals surface area contributed by atoms with Crippen molar-refractivity contribution in [3.63, 3.8) is 0 Å². The Morgan fingerprint density at radius 2 is 1.89 bits per heavy atom. The largest absolute Gasteiger partial charge is 0.322 e. The molecule has 1 aromatic carbocycles. The van der Waals surface area contributed by atoms with Gasteiger partial charge in [0.05, 0.1) is 0 Å². The normalized spacial score (nSPS) is 21.9. The first-order valence-corrected chi connectivity index (χ1v) is 7.72. The molecule has 106 valence electrons. The molecule has 1 fully saturated rings. The summed E-state index contributed by atoms with van der Waals surface area (Å²) in [6.07, 6.45) is 4.95. The van der Waals surface area contributed by atoms with Gasteiger partial charge < -0.3 is 5.73 Å². The van der Waals surface area contributed by atoms with Crippen molar-refractivity contribution in [2.24, 2.45) is 5.73 Å². The first kappa shape index (κ1) is 14.8. The van der Waals surface area contributed by atoms with Gasteiger partial charge in [0.25, 0.3) is 0 Å². The first-order chi connectivity index (χ1) is 9.09. The van der Waals surface area contributed by atoms with Crippen LogP contribution in [0, 0.1) is 0 Å². The minimum atomic E-state index is -0.0377. The third-order valence-corrected chi connectivity index (χ3v) is 5.05. The number of nitrogens with zero attached hydrogens (tertiary/aromatic N) is 1. The summed E-state index contributed by atoms with van der Waals surface area (Å²) < 4.78 is 0. The lowest BCUT2D eigenvalue weighted by Gasteiger charge is -2.47. The van der Waals surface area contributed by atoms with Crippen LogP contribution in [0.2, 0.25) is 5.02 Å². The Balaban J connectivity index is 2.27. The quantitative estimate of drug-likeness (QED) is 0.903. The molecule has 0 aliphatic carbocycles. The number of benzene rings is 1. The van der Waals surface area contributed by atoms with E-state index in [1.54, 1.807) is 0 Å². The second-order valence-corrected chi connectivity index (χ2v) is 6.16. The van der Waals surface area contributed by atoms with Crippen LogP contribution in [0.25, 0.3) is 0 Å². The van der Waals surface area contributed by atoms with E-state index in [1.807, 2.05) is 18.2 Å². The van der Waals surface area contributed by atoms with Crippen LogP contribution in [0.15, 0.2) is 24.3 Å². The summed E-state index contributed by atoms with van der Waals surface area (Å²) >= 11 is 6.32. The Labute approximate surface area is 121 Å². The number of rotatable bonds is 4. The molecule has 1 aliphatic heterocycles. The van der Waals surface area contributed by atoms with E-state index in [2.05, 4.69) is 24.8 Å². The number of halogens is 1. The van der Waals surface area contributed by atoms with Crippen molar-refractivity contribution in [3.8, 4) is 0 Å². The third kappa shape index (κ3) is 2.96. The maximum atomic E-state index is 6.59. The number of likely N-dealkylation sites (tertiary alicyclic amines) is 1. The molecule has 3 heteroatoms. The van der Waals surface area contributed by atoms with Crippen molar-refractivity contribution < 1.29 is 0 Å². The average Bonchev–Trinajstić information content (AvgIpc) is 2.47. The fraction of sp³-hybridized carbons (Fsp3) is 0.625. The standard InChI is InChI=1S/C16H25ClN2/c1-3-16(2,19-11-7-4-8-12-19)15(18)13-9-5-6-10-14(13)17/h5-6,9-10,15H,3-4,7-8,11-12,18H2,1-2H3. The highest BCUT2D eigenvalue weighted by Gasteiger charge is 2.38. The second kappa shape index (κ2) is 6.25. The van der Waals surface area contributed by atoms with Crippen LogP contribution >= 0.6 is 11.6 Å². The molecule has 1 heterocycles. The Bertz CT molecular complexity index is 415. The lowest BCUT2D eigenvalue weighted by Crippen LogP contribution is -2.54. The third-order valence-electron chi connectivity index (χ3n) is 4.70. The van der Waals surface area contributed by atoms with Gasteiger partial charge in [-0.3, -0.25) is 4.90 Å². The van der Waals surface area contributed by atoms with E-state index < -0.39 is 0 Å². The van der Waals surface area contributed by atoms with Gasteiger partial charge in [-0.2, -0.15) is 0 Å². The second-order valence-electron chi connectivity index (χ2n) is 5.76. The summed E-state index contributed by atoms with van der Waals surface area (Å²) in [6, 6.07) is 7.94. The van der Waals surface area contributed by atoms with Crippen molar-refractivity contribution >= 4 is 11.6 Å². The molecule has 2 unspecified atom stereocenters. The van der Waals surface area contributed by atoms with E-state index in [1.165, 1.54) is 19.3 Å². The van der Waals surface area contributed by atoms with Crippen molar-refractivity contribution in [1.29, 1.82) is 0 Å². The Hall–Kier alpha value is -0.570. The molecule has 2 nitrogen and oxygen atoms in total. The Kier molecular flexibility index (Phi) is 4.88. The summed E-state index contributed by atoms with van der Waals surface area (Å²) in [6.45, 7) is 6.82. The molecule has 0 radical (unpaired) electrons. The number of hydrogen-bond acceptors (Lipinski definition) is 2. The zero-order valence-corrected chi connectivity index (χ0v) is 12.8. The van der Waals surface area contributed by atoms with Crippen LogP contribution in [-0.2, 0) is 0 Å². The van der Waals surface area contributed by atoms with Crippen LogP contribution in [0.5, 0.6) is 0 Å². The summed E-state index contributed by atoms with van der Waals surface area (Å²) in [4.78, 5) is 2.56. The highest BCUT2D eigenvalue weighted by atomic mass is 35.5. The van der Waals surface area contributed by atoms with Gasteiger partial charge in [0, 0.05) is 16.6 Å². The molecule has 2 N–H and O–H groups in total. The van der Waals surface area contributed by atoms with Crippen LogP contribution < -0.4 is 5.73 Å². The average molecular weight is 281 g/mol. The summed E-state index contributed by atoms with van der Waals surface area (Å²) in [7, 11) is 0. The Morgan fingerprint density at radius 1 is 1.26 bits per heavy atom. The highest BCUT2D eigenvalue weighted by Crippen LogP contribution is 2.36. The van der Waals surface area contributed by atoms with Gasteiger partial charge in [0.15, 0.2) is 0 Å².